The molecule has 40 heavy (non-hydrogen) atoms. The smallest absolute Gasteiger partial charge is 0.330 e. The molecule has 1 aliphatic heterocycles. The molecule has 0 spiro atoms. The van der Waals surface area contributed by atoms with Crippen LogP contribution in [0, 0.1) is 13.5 Å². The van der Waals surface area contributed by atoms with Crippen LogP contribution < -0.4 is 11.2 Å². The Kier molecular flexibility index (Phi) is 13.4. The molecule has 1 N–H and O–H groups in total. The minimum absolute atomic E-state index is 0.0504. The number of methoxy groups -OCH3 is 1. The average Bonchev–Trinajstić information content (AvgIpc) is 3.17. The van der Waals surface area contributed by atoms with E-state index in [9.17, 15) is 14.2 Å². The summed E-state index contributed by atoms with van der Waals surface area (Å²) in [4.78, 5) is 30.7. The van der Waals surface area contributed by atoms with Gasteiger partial charge < -0.3 is 32.7 Å². The molecule has 0 radical (unpaired) electrons. The van der Waals surface area contributed by atoms with E-state index in [1.54, 1.807) is 27.4 Å². The third kappa shape index (κ3) is 9.17. The van der Waals surface area contributed by atoms with Crippen molar-refractivity contribution in [3.05, 3.63) is 55.9 Å². The molecule has 0 bridgehead atoms. The fraction of sp³-hybridized carbons (Fsp3) is 0.731. The van der Waals surface area contributed by atoms with E-state index in [0.717, 1.165) is 0 Å². The maximum absolute atomic E-state index is 12.9. The van der Waals surface area contributed by atoms with Crippen LogP contribution in [0.1, 0.15) is 45.9 Å². The van der Waals surface area contributed by atoms with Gasteiger partial charge in [-0.15, -0.1) is 0 Å². The van der Waals surface area contributed by atoms with Gasteiger partial charge in [-0.3, -0.25) is 14.3 Å². The molecule has 0 saturated carbocycles. The number of aromatic amines is 1. The van der Waals surface area contributed by atoms with E-state index in [0.29, 0.717) is 10.9 Å². The summed E-state index contributed by atoms with van der Waals surface area (Å²) in [6, 6.07) is 0.101. The highest BCUT2D eigenvalue weighted by Gasteiger charge is 2.50. The van der Waals surface area contributed by atoms with E-state index in [2.05, 4.69) is 21.1 Å². The minimum atomic E-state index is -2.68. The molecule has 1 fully saturated rings. The van der Waals surface area contributed by atoms with Crippen LogP contribution in [0.2, 0.25) is 0 Å². The van der Waals surface area contributed by atoms with Crippen LogP contribution in [0.25, 0.3) is 4.85 Å². The van der Waals surface area contributed by atoms with Gasteiger partial charge in [0.25, 0.3) is 14.1 Å². The largest absolute Gasteiger partial charge is 0.382 e. The van der Waals surface area contributed by atoms with Gasteiger partial charge in [0.2, 0.25) is 6.54 Å². The monoisotopic (exact) mass is 602 g/mol. The van der Waals surface area contributed by atoms with Crippen molar-refractivity contribution in [3.8, 4) is 0 Å². The third-order valence-electron chi connectivity index (χ3n) is 6.37. The lowest BCUT2D eigenvalue weighted by Crippen LogP contribution is -2.42. The summed E-state index contributed by atoms with van der Waals surface area (Å²) in [5.74, 6) is 0. The summed E-state index contributed by atoms with van der Waals surface area (Å²) < 4.78 is 47.0. The Balaban J connectivity index is 2.62. The van der Waals surface area contributed by atoms with Crippen molar-refractivity contribution in [2.45, 2.75) is 77.7 Å². The summed E-state index contributed by atoms with van der Waals surface area (Å²) in [6.45, 7) is 25.0. The zero-order valence-corrected chi connectivity index (χ0v) is 26.6. The van der Waals surface area contributed by atoms with Gasteiger partial charge in [0.15, 0.2) is 6.23 Å². The number of H-pyrrole nitrogens is 1. The van der Waals surface area contributed by atoms with Crippen molar-refractivity contribution in [3.63, 3.8) is 0 Å². The molecule has 2 rings (SSSR count). The van der Waals surface area contributed by atoms with Crippen molar-refractivity contribution >= 4 is 15.7 Å². The van der Waals surface area contributed by atoms with E-state index in [1.807, 2.05) is 27.7 Å². The second kappa shape index (κ2) is 15.5. The Hall–Kier alpha value is -1.67. The van der Waals surface area contributed by atoms with E-state index >= 15 is 0 Å². The molecule has 226 valence electrons. The van der Waals surface area contributed by atoms with E-state index in [1.165, 1.54) is 10.8 Å². The van der Waals surface area contributed by atoms with E-state index < -0.39 is 51.5 Å². The van der Waals surface area contributed by atoms with Gasteiger partial charge in [-0.05, 0) is 53.3 Å². The van der Waals surface area contributed by atoms with Gasteiger partial charge in [-0.1, -0.05) is 6.58 Å². The van der Waals surface area contributed by atoms with Gasteiger partial charge in [0.1, 0.15) is 26.0 Å². The molecule has 0 aromatic carbocycles. The first kappa shape index (κ1) is 34.5. The zero-order valence-electron chi connectivity index (χ0n) is 24.8. The molecule has 5 atom stereocenters. The van der Waals surface area contributed by atoms with Crippen molar-refractivity contribution in [2.75, 3.05) is 46.8 Å². The van der Waals surface area contributed by atoms with Crippen molar-refractivity contribution in [1.82, 2.24) is 14.2 Å². The lowest BCUT2D eigenvalue weighted by molar-refractivity contribution is -0.0783. The number of ether oxygens (including phenoxy) is 3. The Labute approximate surface area is 238 Å². The number of hydrogen-bond acceptors (Lipinski definition) is 9. The van der Waals surface area contributed by atoms with Crippen LogP contribution >= 0.6 is 15.7 Å². The van der Waals surface area contributed by atoms with Crippen molar-refractivity contribution in [2.24, 2.45) is 0 Å². The zero-order chi connectivity index (χ0) is 30.2. The fourth-order valence-electron chi connectivity index (χ4n) is 4.29. The van der Waals surface area contributed by atoms with Gasteiger partial charge >= 0.3 is 5.69 Å². The third-order valence-corrected chi connectivity index (χ3v) is 10.2. The predicted octanol–water partition coefficient (Wildman–Crippen LogP) is 3.97. The summed E-state index contributed by atoms with van der Waals surface area (Å²) >= 11 is 0. The maximum atomic E-state index is 12.9. The first-order valence-electron chi connectivity index (χ1n) is 13.3. The molecule has 2 heterocycles. The second-order valence-electron chi connectivity index (χ2n) is 10.6. The molecule has 1 aromatic rings. The molecule has 0 aliphatic carbocycles. The standard InChI is InChI=1S/C26H44N4O8P2/c1-17(2)30(18(3)4)39(36-12-11-27-7)38-22-21(15-20(6)40(9,10)33)37-25(23(22)35-14-13-34-8)29-16-19(5)24(31)28-26(29)32/h16-18,21-23,25H,6,11-15H2,1-5,8-10H3,(H,28,31,32)/t21-,22-,23-,25-,39?/m1/s1. The Morgan fingerprint density at radius 1 is 1.23 bits per heavy atom. The summed E-state index contributed by atoms with van der Waals surface area (Å²) in [5, 5.41) is 0.509. The average molecular weight is 603 g/mol. The van der Waals surface area contributed by atoms with E-state index in [4.69, 9.17) is 29.8 Å². The Bertz CT molecular complexity index is 1180. The highest BCUT2D eigenvalue weighted by atomic mass is 31.2. The van der Waals surface area contributed by atoms with Crippen molar-refractivity contribution < 1.29 is 27.8 Å². The molecule has 12 nitrogen and oxygen atoms in total. The topological polar surface area (TPSA) is 126 Å². The Morgan fingerprint density at radius 3 is 2.42 bits per heavy atom. The maximum Gasteiger partial charge on any atom is 0.330 e. The molecular weight excluding hydrogens is 558 g/mol. The lowest BCUT2D eigenvalue weighted by atomic mass is 10.1. The van der Waals surface area contributed by atoms with Crippen LogP contribution in [0.3, 0.4) is 0 Å². The number of nitrogens with zero attached hydrogens (tertiary/aromatic N) is 3. The normalized spacial score (nSPS) is 22.2. The van der Waals surface area contributed by atoms with Gasteiger partial charge in [-0.2, -0.15) is 0 Å². The number of rotatable bonds is 16. The highest BCUT2D eigenvalue weighted by Crippen LogP contribution is 2.53. The summed E-state index contributed by atoms with van der Waals surface area (Å²) in [6.07, 6.45) is -1.64. The lowest BCUT2D eigenvalue weighted by Gasteiger charge is -2.38. The first-order chi connectivity index (χ1) is 18.7. The number of nitrogens with one attached hydrogen (secondary N) is 1. The summed E-state index contributed by atoms with van der Waals surface area (Å²) in [7, 11) is -2.83. The van der Waals surface area contributed by atoms with Crippen LogP contribution in [0.15, 0.2) is 27.7 Å². The minimum Gasteiger partial charge on any atom is -0.382 e. The molecular formula is C26H44N4O8P2. The predicted molar refractivity (Wildman–Crippen MR) is 156 cm³/mol. The molecule has 1 saturated heterocycles. The van der Waals surface area contributed by atoms with Crippen LogP contribution in [0.4, 0.5) is 0 Å². The van der Waals surface area contributed by atoms with Crippen LogP contribution in [0.5, 0.6) is 0 Å². The number of aryl methyl sites for hydroxylation is 1. The SMILES string of the molecule is [C-]#[N+]CCOP(O[C@H]1[C@@H](OCCOC)[C@H](n2cc(C)c(=O)[nH]c2=O)O[C@@H]1CC(=C)P(C)(C)=O)N(C(C)C)C(C)C. The van der Waals surface area contributed by atoms with Crippen LogP contribution in [-0.4, -0.2) is 91.4 Å². The second-order valence-corrected chi connectivity index (χ2v) is 15.3. The van der Waals surface area contributed by atoms with Crippen molar-refractivity contribution in [1.29, 1.82) is 0 Å². The van der Waals surface area contributed by atoms with E-state index in [-0.39, 0.29) is 44.9 Å². The number of aromatic nitrogens is 2. The first-order valence-corrected chi connectivity index (χ1v) is 17.0. The quantitative estimate of drug-likeness (QED) is 0.170. The molecule has 1 unspecified atom stereocenters. The molecule has 0 amide bonds. The highest BCUT2D eigenvalue weighted by molar-refractivity contribution is 7.66. The van der Waals surface area contributed by atoms with Gasteiger partial charge in [0.05, 0.1) is 19.3 Å². The molecule has 1 aromatic heterocycles. The Morgan fingerprint density at radius 2 is 1.88 bits per heavy atom. The fourth-order valence-corrected chi connectivity index (χ4v) is 6.67. The van der Waals surface area contributed by atoms with Gasteiger partial charge in [-0.25, -0.2) is 16.0 Å². The van der Waals surface area contributed by atoms with Crippen LogP contribution in [-0.2, 0) is 27.8 Å². The summed E-state index contributed by atoms with van der Waals surface area (Å²) in [5.41, 5.74) is -0.823. The molecule has 1 aliphatic rings. The van der Waals surface area contributed by atoms with Gasteiger partial charge in [0, 0.05) is 37.4 Å². The number of hydrogen-bond donors (Lipinski definition) is 1. The molecule has 14 heteroatoms.